The number of hydrogen-bond acceptors (Lipinski definition) is 11. The smallest absolute Gasteiger partial charge is 0.255 e. The summed E-state index contributed by atoms with van der Waals surface area (Å²) in [4.78, 5) is 42.3. The molecule has 2 fully saturated rings. The molecule has 13 heteroatoms. The molecule has 2 aromatic rings. The number of carbonyl (C=O) groups is 2. The highest BCUT2D eigenvalue weighted by Crippen LogP contribution is 2.48. The second-order valence-electron chi connectivity index (χ2n) is 12.8. The minimum atomic E-state index is -1.24. The van der Waals surface area contributed by atoms with Crippen LogP contribution < -0.4 is 32.2 Å². The van der Waals surface area contributed by atoms with Gasteiger partial charge in [0.2, 0.25) is 5.91 Å². The van der Waals surface area contributed by atoms with Gasteiger partial charge in [0.1, 0.15) is 17.9 Å². The summed E-state index contributed by atoms with van der Waals surface area (Å²) in [7, 11) is 0. The minimum Gasteiger partial charge on any atom is -0.492 e. The van der Waals surface area contributed by atoms with Gasteiger partial charge in [-0.2, -0.15) is 0 Å². The summed E-state index contributed by atoms with van der Waals surface area (Å²) in [6.45, 7) is 5.10. The maximum atomic E-state index is 13.6. The zero-order valence-corrected chi connectivity index (χ0v) is 24.2. The number of hydrogen-bond donors (Lipinski definition) is 6. The molecule has 0 bridgehead atoms. The lowest BCUT2D eigenvalue weighted by atomic mass is 9.79. The first-order valence-electron chi connectivity index (χ1n) is 14.7. The molecule has 1 spiro atoms. The van der Waals surface area contributed by atoms with Gasteiger partial charge >= 0.3 is 0 Å². The van der Waals surface area contributed by atoms with Crippen molar-refractivity contribution in [1.29, 1.82) is 0 Å². The fourth-order valence-corrected chi connectivity index (χ4v) is 7.13. The fourth-order valence-electron chi connectivity index (χ4n) is 7.13. The van der Waals surface area contributed by atoms with Crippen molar-refractivity contribution in [2.24, 2.45) is 21.5 Å². The van der Waals surface area contributed by atoms with E-state index in [9.17, 15) is 14.7 Å². The first-order chi connectivity index (χ1) is 20.6. The molecular weight excluding hydrogens is 550 g/mol. The van der Waals surface area contributed by atoms with Gasteiger partial charge in [-0.25, -0.2) is 9.98 Å². The Kier molecular flexibility index (Phi) is 6.10. The number of carbonyl (C=O) groups excluding carboxylic acids is 2. The number of nitrogens with zero attached hydrogens (tertiary/aromatic N) is 4. The SMILES string of the molecule is CC1(C)CCOc2c(C(=O)NC3CN4C(N)=N[C@@H](CNC(=O)C5(c6ccccn6)CC5)[C@@H]5N=C(N)N[C@@]54[C@@H]3O)cccc21. The number of guanidine groups is 2. The van der Waals surface area contributed by atoms with E-state index in [1.807, 2.05) is 30.3 Å². The van der Waals surface area contributed by atoms with Crippen molar-refractivity contribution in [2.75, 3.05) is 19.7 Å². The average molecular weight is 588 g/mol. The lowest BCUT2D eigenvalue weighted by Gasteiger charge is -2.46. The van der Waals surface area contributed by atoms with Crippen LogP contribution in [0.5, 0.6) is 5.75 Å². The molecule has 5 heterocycles. The van der Waals surface area contributed by atoms with Gasteiger partial charge in [0.05, 0.1) is 35.4 Å². The largest absolute Gasteiger partial charge is 0.492 e. The fraction of sp³-hybridized carbons (Fsp3) is 0.500. The normalized spacial score (nSPS) is 30.8. The summed E-state index contributed by atoms with van der Waals surface area (Å²) in [5.41, 5.74) is 12.8. The third-order valence-electron chi connectivity index (χ3n) is 9.74. The molecule has 8 N–H and O–H groups in total. The number of nitrogens with two attached hydrogens (primary N) is 2. The molecule has 1 aromatic carbocycles. The zero-order chi connectivity index (χ0) is 30.1. The van der Waals surface area contributed by atoms with Crippen LogP contribution in [-0.4, -0.2) is 88.3 Å². The van der Waals surface area contributed by atoms with Crippen molar-refractivity contribution in [2.45, 2.75) is 73.8 Å². The molecule has 1 saturated heterocycles. The predicted octanol–water partition coefficient (Wildman–Crippen LogP) is -0.556. The van der Waals surface area contributed by atoms with E-state index >= 15 is 0 Å². The highest BCUT2D eigenvalue weighted by Gasteiger charge is 2.65. The van der Waals surface area contributed by atoms with E-state index in [0.717, 1.165) is 17.7 Å². The Labute approximate surface area is 249 Å². The zero-order valence-electron chi connectivity index (χ0n) is 24.2. The number of nitrogens with one attached hydrogen (secondary N) is 3. The van der Waals surface area contributed by atoms with Crippen LogP contribution in [-0.2, 0) is 15.6 Å². The van der Waals surface area contributed by atoms with Gasteiger partial charge in [-0.3, -0.25) is 14.6 Å². The molecule has 0 radical (unpaired) electrons. The van der Waals surface area contributed by atoms with E-state index in [0.29, 0.717) is 30.8 Å². The maximum Gasteiger partial charge on any atom is 0.255 e. The lowest BCUT2D eigenvalue weighted by Crippen LogP contribution is -2.73. The van der Waals surface area contributed by atoms with Crippen LogP contribution in [0.4, 0.5) is 0 Å². The van der Waals surface area contributed by atoms with Gasteiger partial charge in [-0.05, 0) is 42.9 Å². The van der Waals surface area contributed by atoms with Crippen LogP contribution in [0.25, 0.3) is 0 Å². The number of aliphatic hydroxyl groups is 1. The third-order valence-corrected chi connectivity index (χ3v) is 9.74. The number of aliphatic hydroxyl groups excluding tert-OH is 1. The highest BCUT2D eigenvalue weighted by molar-refractivity contribution is 5.98. The molecule has 5 atom stereocenters. The number of aliphatic imine (C=N–C) groups is 2. The predicted molar refractivity (Wildman–Crippen MR) is 158 cm³/mol. The molecule has 1 saturated carbocycles. The summed E-state index contributed by atoms with van der Waals surface area (Å²) in [5, 5.41) is 21.0. The number of amides is 2. The number of pyridine rings is 1. The Morgan fingerprint density at radius 3 is 2.70 bits per heavy atom. The van der Waals surface area contributed by atoms with Crippen LogP contribution >= 0.6 is 0 Å². The summed E-state index contributed by atoms with van der Waals surface area (Å²) >= 11 is 0. The van der Waals surface area contributed by atoms with E-state index in [4.69, 9.17) is 16.2 Å². The first-order valence-corrected chi connectivity index (χ1v) is 14.7. The summed E-state index contributed by atoms with van der Waals surface area (Å²) in [6, 6.07) is 9.13. The van der Waals surface area contributed by atoms with Crippen molar-refractivity contribution in [3.05, 3.63) is 59.4 Å². The molecule has 1 aromatic heterocycles. The van der Waals surface area contributed by atoms with E-state index < -0.39 is 35.3 Å². The van der Waals surface area contributed by atoms with Crippen LogP contribution in [0.15, 0.2) is 52.6 Å². The molecule has 5 aliphatic rings. The molecule has 1 unspecified atom stereocenters. The van der Waals surface area contributed by atoms with Crippen LogP contribution in [0.1, 0.15) is 54.7 Å². The number of fused-ring (bicyclic) bond motifs is 1. The van der Waals surface area contributed by atoms with Gasteiger partial charge < -0.3 is 42.2 Å². The Morgan fingerprint density at radius 2 is 1.95 bits per heavy atom. The standard InChI is InChI=1S/C30H37N9O4/c1-28(2)11-13-43-21-16(6-5-7-17(21)28)24(41)35-19-15-39-27(32)36-18(22-30(39,23(19)40)38-26(31)37-22)14-34-25(42)29(9-10-29)20-8-3-4-12-33-20/h3-8,12,18-19,22-23,40H,9-11,13-15H2,1-2H3,(H2,32,36)(H,34,42)(H,35,41)(H3,31,37,38)/t18-,19?,22-,23+,30-/m0/s1. The number of aromatic nitrogens is 1. The molecule has 4 aliphatic heterocycles. The van der Waals surface area contributed by atoms with Gasteiger partial charge in [0.25, 0.3) is 5.91 Å². The molecule has 226 valence electrons. The van der Waals surface area contributed by atoms with Crippen molar-refractivity contribution >= 4 is 23.7 Å². The molecule has 13 nitrogen and oxygen atoms in total. The lowest BCUT2D eigenvalue weighted by molar-refractivity contribution is -0.123. The second-order valence-corrected chi connectivity index (χ2v) is 12.8. The number of benzene rings is 1. The van der Waals surface area contributed by atoms with E-state index in [2.05, 4.69) is 44.8 Å². The Balaban J connectivity index is 1.11. The highest BCUT2D eigenvalue weighted by atomic mass is 16.5. The van der Waals surface area contributed by atoms with E-state index in [-0.39, 0.29) is 42.2 Å². The van der Waals surface area contributed by atoms with E-state index in [1.54, 1.807) is 17.2 Å². The maximum absolute atomic E-state index is 13.6. The number of rotatable bonds is 6. The summed E-state index contributed by atoms with van der Waals surface area (Å²) in [5.74, 6) is 0.369. The van der Waals surface area contributed by atoms with Gasteiger partial charge in [-0.15, -0.1) is 0 Å². The monoisotopic (exact) mass is 587 g/mol. The average Bonchev–Trinajstić information content (AvgIpc) is 3.66. The van der Waals surface area contributed by atoms with E-state index in [1.165, 1.54) is 0 Å². The van der Waals surface area contributed by atoms with Gasteiger partial charge in [0, 0.05) is 24.8 Å². The topological polar surface area (TPSA) is 193 Å². The van der Waals surface area contributed by atoms with Crippen molar-refractivity contribution in [3.8, 4) is 5.75 Å². The van der Waals surface area contributed by atoms with Gasteiger partial charge in [-0.1, -0.05) is 32.0 Å². The number of para-hydroxylation sites is 1. The minimum absolute atomic E-state index is 0.127. The molecule has 43 heavy (non-hydrogen) atoms. The Morgan fingerprint density at radius 1 is 1.14 bits per heavy atom. The van der Waals surface area contributed by atoms with Gasteiger partial charge in [0.15, 0.2) is 17.6 Å². The van der Waals surface area contributed by atoms with Crippen LogP contribution in [0, 0.1) is 0 Å². The summed E-state index contributed by atoms with van der Waals surface area (Å²) < 4.78 is 5.95. The number of ether oxygens (including phenoxy) is 1. The third kappa shape index (κ3) is 4.12. The van der Waals surface area contributed by atoms with Crippen molar-refractivity contribution < 1.29 is 19.4 Å². The quantitative estimate of drug-likeness (QED) is 0.257. The van der Waals surface area contributed by atoms with Crippen LogP contribution in [0.2, 0.25) is 0 Å². The van der Waals surface area contributed by atoms with Crippen molar-refractivity contribution in [1.82, 2.24) is 25.8 Å². The second kappa shape index (κ2) is 9.56. The molecule has 1 aliphatic carbocycles. The Hall–Kier alpha value is -4.39. The molecule has 7 rings (SSSR count). The molecular formula is C30H37N9O4. The van der Waals surface area contributed by atoms with Crippen molar-refractivity contribution in [3.63, 3.8) is 0 Å². The van der Waals surface area contributed by atoms with Crippen LogP contribution in [0.3, 0.4) is 0 Å². The molecule has 2 amide bonds. The first kappa shape index (κ1) is 27.4. The Bertz CT molecular complexity index is 1540. The summed E-state index contributed by atoms with van der Waals surface area (Å²) in [6.07, 6.45) is 2.81.